The highest BCUT2D eigenvalue weighted by molar-refractivity contribution is 8.00. The average Bonchev–Trinajstić information content (AvgIpc) is 2.55. The topological polar surface area (TPSA) is 55.4 Å². The summed E-state index contributed by atoms with van der Waals surface area (Å²) in [6.07, 6.45) is 0. The lowest BCUT2D eigenvalue weighted by atomic mass is 10.2. The number of nitrogens with one attached hydrogen (secondary N) is 1. The number of esters is 1. The molecule has 0 bridgehead atoms. The molecule has 2 aromatic rings. The van der Waals surface area contributed by atoms with Gasteiger partial charge in [0.15, 0.2) is 6.61 Å². The fourth-order valence-corrected chi connectivity index (χ4v) is 2.65. The quantitative estimate of drug-likeness (QED) is 0.639. The van der Waals surface area contributed by atoms with E-state index in [-0.39, 0.29) is 11.4 Å². The van der Waals surface area contributed by atoms with Crippen molar-refractivity contribution in [2.75, 3.05) is 17.7 Å². The molecule has 0 aliphatic heterocycles. The van der Waals surface area contributed by atoms with Crippen molar-refractivity contribution in [3.05, 3.63) is 59.7 Å². The van der Waals surface area contributed by atoms with Crippen molar-refractivity contribution in [2.45, 2.75) is 11.8 Å². The molecule has 0 aliphatic rings. The molecule has 0 radical (unpaired) electrons. The van der Waals surface area contributed by atoms with Crippen LogP contribution in [-0.2, 0) is 14.3 Å². The molecule has 2 rings (SSSR count). The fourth-order valence-electron chi connectivity index (χ4n) is 1.82. The summed E-state index contributed by atoms with van der Waals surface area (Å²) in [5.41, 5.74) is 0.867. The number of amides is 1. The lowest BCUT2D eigenvalue weighted by Crippen LogP contribution is -2.22. The SMILES string of the molecule is Cc1ccccc1SCC(=O)OCC(=O)Nc1ccc(F)cc1F. The first-order valence-corrected chi connectivity index (χ1v) is 8.03. The maximum atomic E-state index is 13.4. The Kier molecular flexibility index (Phi) is 6.31. The minimum absolute atomic E-state index is 0.0586. The largest absolute Gasteiger partial charge is 0.455 e. The summed E-state index contributed by atoms with van der Waals surface area (Å²) >= 11 is 1.31. The monoisotopic (exact) mass is 351 g/mol. The van der Waals surface area contributed by atoms with E-state index in [4.69, 9.17) is 4.74 Å². The van der Waals surface area contributed by atoms with Crippen LogP contribution in [0.15, 0.2) is 47.4 Å². The van der Waals surface area contributed by atoms with Crippen molar-refractivity contribution in [1.82, 2.24) is 0 Å². The Morgan fingerprint density at radius 1 is 1.17 bits per heavy atom. The van der Waals surface area contributed by atoms with Crippen LogP contribution >= 0.6 is 11.8 Å². The first kappa shape index (κ1) is 17.9. The van der Waals surface area contributed by atoms with Crippen LogP contribution in [0.4, 0.5) is 14.5 Å². The second-order valence-electron chi connectivity index (χ2n) is 4.89. The zero-order chi connectivity index (χ0) is 17.5. The number of carbonyl (C=O) groups is 2. The number of hydrogen-bond donors (Lipinski definition) is 1. The van der Waals surface area contributed by atoms with Crippen molar-refractivity contribution in [1.29, 1.82) is 0 Å². The van der Waals surface area contributed by atoms with E-state index in [0.29, 0.717) is 6.07 Å². The van der Waals surface area contributed by atoms with E-state index in [1.807, 2.05) is 31.2 Å². The Morgan fingerprint density at radius 3 is 2.62 bits per heavy atom. The second-order valence-corrected chi connectivity index (χ2v) is 5.90. The van der Waals surface area contributed by atoms with Gasteiger partial charge in [0.2, 0.25) is 0 Å². The van der Waals surface area contributed by atoms with Crippen LogP contribution < -0.4 is 5.32 Å². The van der Waals surface area contributed by atoms with E-state index in [1.54, 1.807) is 0 Å². The number of carbonyl (C=O) groups excluding carboxylic acids is 2. The van der Waals surface area contributed by atoms with Gasteiger partial charge in [-0.1, -0.05) is 18.2 Å². The third-order valence-corrected chi connectivity index (χ3v) is 4.16. The highest BCUT2D eigenvalue weighted by Gasteiger charge is 2.11. The molecular weight excluding hydrogens is 336 g/mol. The van der Waals surface area contributed by atoms with E-state index < -0.39 is 30.1 Å². The Bertz CT molecular complexity index is 752. The molecule has 0 spiro atoms. The molecule has 1 N–H and O–H groups in total. The third-order valence-electron chi connectivity index (χ3n) is 3.01. The summed E-state index contributed by atoms with van der Waals surface area (Å²) in [6.45, 7) is 1.39. The van der Waals surface area contributed by atoms with Crippen LogP contribution in [0.1, 0.15) is 5.56 Å². The number of rotatable bonds is 6. The van der Waals surface area contributed by atoms with Crippen molar-refractivity contribution in [3.63, 3.8) is 0 Å². The van der Waals surface area contributed by atoms with Gasteiger partial charge in [0, 0.05) is 11.0 Å². The molecular formula is C17H15F2NO3S. The highest BCUT2D eigenvalue weighted by Crippen LogP contribution is 2.21. The predicted octanol–water partition coefficient (Wildman–Crippen LogP) is 3.55. The van der Waals surface area contributed by atoms with Gasteiger partial charge in [-0.3, -0.25) is 9.59 Å². The minimum Gasteiger partial charge on any atom is -0.455 e. The van der Waals surface area contributed by atoms with Crippen molar-refractivity contribution in [2.24, 2.45) is 0 Å². The van der Waals surface area contributed by atoms with Crippen LogP contribution in [0.2, 0.25) is 0 Å². The molecule has 126 valence electrons. The number of aryl methyl sites for hydroxylation is 1. The van der Waals surface area contributed by atoms with Crippen LogP contribution in [0, 0.1) is 18.6 Å². The molecule has 0 saturated heterocycles. The maximum Gasteiger partial charge on any atom is 0.316 e. The van der Waals surface area contributed by atoms with Gasteiger partial charge in [-0.05, 0) is 30.7 Å². The second kappa shape index (κ2) is 8.44. The Balaban J connectivity index is 1.77. The lowest BCUT2D eigenvalue weighted by Gasteiger charge is -2.08. The summed E-state index contributed by atoms with van der Waals surface area (Å²) in [5, 5.41) is 2.21. The number of benzene rings is 2. The number of halogens is 2. The van der Waals surface area contributed by atoms with Crippen LogP contribution in [0.3, 0.4) is 0 Å². The van der Waals surface area contributed by atoms with E-state index in [2.05, 4.69) is 5.32 Å². The summed E-state index contributed by atoms with van der Waals surface area (Å²) in [6, 6.07) is 10.3. The van der Waals surface area contributed by atoms with Gasteiger partial charge in [0.1, 0.15) is 11.6 Å². The molecule has 0 saturated carbocycles. The zero-order valence-electron chi connectivity index (χ0n) is 12.8. The number of ether oxygens (including phenoxy) is 1. The number of hydrogen-bond acceptors (Lipinski definition) is 4. The van der Waals surface area contributed by atoms with Gasteiger partial charge in [-0.15, -0.1) is 11.8 Å². The van der Waals surface area contributed by atoms with Gasteiger partial charge in [-0.2, -0.15) is 0 Å². The molecule has 0 heterocycles. The molecule has 4 nitrogen and oxygen atoms in total. The van der Waals surface area contributed by atoms with E-state index in [1.165, 1.54) is 11.8 Å². The van der Waals surface area contributed by atoms with Crippen LogP contribution in [0.25, 0.3) is 0 Å². The van der Waals surface area contributed by atoms with Gasteiger partial charge in [0.25, 0.3) is 5.91 Å². The normalized spacial score (nSPS) is 10.3. The van der Waals surface area contributed by atoms with E-state index >= 15 is 0 Å². The average molecular weight is 351 g/mol. The van der Waals surface area contributed by atoms with Crippen LogP contribution in [0.5, 0.6) is 0 Å². The third kappa shape index (κ3) is 5.34. The smallest absolute Gasteiger partial charge is 0.316 e. The van der Waals surface area contributed by atoms with Crippen molar-refractivity contribution >= 4 is 29.3 Å². The van der Waals surface area contributed by atoms with Gasteiger partial charge in [0.05, 0.1) is 11.4 Å². The Labute approximate surface area is 142 Å². The molecule has 2 aromatic carbocycles. The highest BCUT2D eigenvalue weighted by atomic mass is 32.2. The minimum atomic E-state index is -0.898. The number of anilines is 1. The summed E-state index contributed by atoms with van der Waals surface area (Å²) < 4.78 is 31.0. The molecule has 0 atom stereocenters. The first-order chi connectivity index (χ1) is 11.5. The Hall–Kier alpha value is -2.41. The standard InChI is InChI=1S/C17H15F2NO3S/c1-11-4-2-3-5-15(11)24-10-17(22)23-9-16(21)20-14-7-6-12(18)8-13(14)19/h2-8H,9-10H2,1H3,(H,20,21). The molecule has 0 aromatic heterocycles. The van der Waals surface area contributed by atoms with Gasteiger partial charge < -0.3 is 10.1 Å². The molecule has 7 heteroatoms. The van der Waals surface area contributed by atoms with Crippen LogP contribution in [-0.4, -0.2) is 24.2 Å². The lowest BCUT2D eigenvalue weighted by molar-refractivity contribution is -0.144. The summed E-state index contributed by atoms with van der Waals surface area (Å²) in [4.78, 5) is 24.2. The molecule has 0 fully saturated rings. The van der Waals surface area contributed by atoms with E-state index in [0.717, 1.165) is 22.6 Å². The predicted molar refractivity (Wildman–Crippen MR) is 87.8 cm³/mol. The molecule has 24 heavy (non-hydrogen) atoms. The maximum absolute atomic E-state index is 13.4. The molecule has 0 unspecified atom stereocenters. The zero-order valence-corrected chi connectivity index (χ0v) is 13.7. The fraction of sp³-hybridized carbons (Fsp3) is 0.176. The molecule has 1 amide bonds. The summed E-state index contributed by atoms with van der Waals surface area (Å²) in [5.74, 6) is -2.84. The van der Waals surface area contributed by atoms with Gasteiger partial charge >= 0.3 is 5.97 Å². The van der Waals surface area contributed by atoms with E-state index in [9.17, 15) is 18.4 Å². The van der Waals surface area contributed by atoms with Gasteiger partial charge in [-0.25, -0.2) is 8.78 Å². The summed E-state index contributed by atoms with van der Waals surface area (Å²) in [7, 11) is 0. The Morgan fingerprint density at radius 2 is 1.92 bits per heavy atom. The number of thioether (sulfide) groups is 1. The first-order valence-electron chi connectivity index (χ1n) is 7.04. The molecule has 0 aliphatic carbocycles. The van der Waals surface area contributed by atoms with Crippen molar-refractivity contribution < 1.29 is 23.1 Å². The van der Waals surface area contributed by atoms with Crippen molar-refractivity contribution in [3.8, 4) is 0 Å².